The lowest BCUT2D eigenvalue weighted by atomic mass is 9.72. The third-order valence-corrected chi connectivity index (χ3v) is 7.24. The summed E-state index contributed by atoms with van der Waals surface area (Å²) in [6.45, 7) is 8.46. The molecule has 1 aliphatic heterocycles. The van der Waals surface area contributed by atoms with Gasteiger partial charge in [0.2, 0.25) is 0 Å². The van der Waals surface area contributed by atoms with Crippen LogP contribution in [0.5, 0.6) is 0 Å². The van der Waals surface area contributed by atoms with Gasteiger partial charge in [0.05, 0.1) is 11.8 Å². The molecule has 2 aromatic heterocycles. The van der Waals surface area contributed by atoms with Crippen LogP contribution in [-0.2, 0) is 12.8 Å². The molecule has 1 atom stereocenters. The van der Waals surface area contributed by atoms with Crippen molar-refractivity contribution in [2.75, 3.05) is 18.4 Å². The van der Waals surface area contributed by atoms with Crippen molar-refractivity contribution in [2.24, 2.45) is 11.3 Å². The number of nitrogens with zero attached hydrogens (tertiary/aromatic N) is 1. The highest BCUT2D eigenvalue weighted by molar-refractivity contribution is 7.17. The fraction of sp³-hybridized carbons (Fsp3) is 0.545. The molecule has 1 N–H and O–H groups in total. The fourth-order valence-corrected chi connectivity index (χ4v) is 5.60. The molecule has 28 heavy (non-hydrogen) atoms. The predicted octanol–water partition coefficient (Wildman–Crippen LogP) is 4.98. The van der Waals surface area contributed by atoms with E-state index in [-0.39, 0.29) is 23.0 Å². The topological polar surface area (TPSA) is 62.6 Å². The summed E-state index contributed by atoms with van der Waals surface area (Å²) >= 11 is 1.57. The highest BCUT2D eigenvalue weighted by Crippen LogP contribution is 2.45. The lowest BCUT2D eigenvalue weighted by molar-refractivity contribution is 0.0792. The van der Waals surface area contributed by atoms with E-state index in [9.17, 15) is 9.59 Å². The Labute approximate surface area is 170 Å². The van der Waals surface area contributed by atoms with Crippen molar-refractivity contribution in [1.82, 2.24) is 4.90 Å². The first kappa shape index (κ1) is 19.2. The first-order chi connectivity index (χ1) is 13.3. The number of thiophene rings is 1. The van der Waals surface area contributed by atoms with E-state index >= 15 is 0 Å². The normalized spacial score (nSPS) is 19.5. The number of amides is 2. The zero-order valence-corrected chi connectivity index (χ0v) is 17.7. The van der Waals surface area contributed by atoms with Gasteiger partial charge in [-0.05, 0) is 61.1 Å². The molecule has 0 bridgehead atoms. The van der Waals surface area contributed by atoms with Gasteiger partial charge in [-0.15, -0.1) is 11.3 Å². The Hall–Kier alpha value is -2.08. The molecule has 4 rings (SSSR count). The van der Waals surface area contributed by atoms with E-state index in [0.29, 0.717) is 16.5 Å². The number of hydrogen-bond donors (Lipinski definition) is 1. The second-order valence-electron chi connectivity index (χ2n) is 8.94. The van der Waals surface area contributed by atoms with Crippen LogP contribution in [0, 0.1) is 11.3 Å². The number of hydrogen-bond acceptors (Lipinski definition) is 4. The first-order valence-corrected chi connectivity index (χ1v) is 10.9. The van der Waals surface area contributed by atoms with Gasteiger partial charge in [-0.2, -0.15) is 0 Å². The number of anilines is 1. The minimum Gasteiger partial charge on any atom is -0.459 e. The maximum absolute atomic E-state index is 13.3. The predicted molar refractivity (Wildman–Crippen MR) is 111 cm³/mol. The maximum atomic E-state index is 13.3. The average molecular weight is 401 g/mol. The number of nitrogens with one attached hydrogen (secondary N) is 1. The first-order valence-electron chi connectivity index (χ1n) is 10.1. The van der Waals surface area contributed by atoms with E-state index in [2.05, 4.69) is 26.1 Å². The highest BCUT2D eigenvalue weighted by atomic mass is 32.1. The summed E-state index contributed by atoms with van der Waals surface area (Å²) in [5.74, 6) is 0.617. The standard InChI is InChI=1S/C22H28N2O3S/c1-22(2,3)14-8-9-15-17(13-14)28-20(23-19(25)16-7-6-12-27-16)18(15)21(26)24-10-4-5-11-24/h6-7,12,14H,4-5,8-11,13H2,1-3H3,(H,23,25)/t14-/m1/s1. The smallest absolute Gasteiger partial charge is 0.291 e. The average Bonchev–Trinajstić information content (AvgIpc) is 3.39. The van der Waals surface area contributed by atoms with Crippen LogP contribution < -0.4 is 5.32 Å². The number of fused-ring (bicyclic) bond motifs is 1. The van der Waals surface area contributed by atoms with Crippen molar-refractivity contribution < 1.29 is 14.0 Å². The van der Waals surface area contributed by atoms with Crippen LogP contribution >= 0.6 is 11.3 Å². The molecule has 0 radical (unpaired) electrons. The molecule has 2 amide bonds. The van der Waals surface area contributed by atoms with E-state index in [1.807, 2.05) is 4.90 Å². The molecule has 1 fully saturated rings. The molecule has 6 heteroatoms. The van der Waals surface area contributed by atoms with Crippen LogP contribution in [0.25, 0.3) is 0 Å². The number of carbonyl (C=O) groups excluding carboxylic acids is 2. The Balaban J connectivity index is 1.69. The molecule has 0 unspecified atom stereocenters. The SMILES string of the molecule is CC(C)(C)[C@@H]1CCc2c(sc(NC(=O)c3ccco3)c2C(=O)N2CCCC2)C1. The van der Waals surface area contributed by atoms with Gasteiger partial charge in [-0.1, -0.05) is 20.8 Å². The molecule has 2 aliphatic rings. The molecule has 0 spiro atoms. The van der Waals surface area contributed by atoms with E-state index in [4.69, 9.17) is 4.42 Å². The molecular weight excluding hydrogens is 372 g/mol. The Morgan fingerprint density at radius 1 is 1.25 bits per heavy atom. The van der Waals surface area contributed by atoms with Gasteiger partial charge in [0.25, 0.3) is 11.8 Å². The van der Waals surface area contributed by atoms with Gasteiger partial charge in [-0.25, -0.2) is 0 Å². The van der Waals surface area contributed by atoms with Crippen LogP contribution in [0.1, 0.15) is 71.4 Å². The highest BCUT2D eigenvalue weighted by Gasteiger charge is 2.35. The second-order valence-corrected chi connectivity index (χ2v) is 10.0. The number of likely N-dealkylation sites (tertiary alicyclic amines) is 1. The van der Waals surface area contributed by atoms with Gasteiger partial charge >= 0.3 is 0 Å². The third kappa shape index (κ3) is 3.62. The summed E-state index contributed by atoms with van der Waals surface area (Å²) in [6, 6.07) is 3.33. The van der Waals surface area contributed by atoms with Crippen molar-refractivity contribution in [2.45, 2.75) is 52.9 Å². The monoisotopic (exact) mass is 400 g/mol. The largest absolute Gasteiger partial charge is 0.459 e. The van der Waals surface area contributed by atoms with E-state index < -0.39 is 0 Å². The quantitative estimate of drug-likeness (QED) is 0.790. The van der Waals surface area contributed by atoms with Gasteiger partial charge in [0.15, 0.2) is 5.76 Å². The molecule has 0 aromatic carbocycles. The van der Waals surface area contributed by atoms with E-state index in [1.54, 1.807) is 23.5 Å². The third-order valence-electron chi connectivity index (χ3n) is 6.07. The molecule has 150 valence electrons. The number of furan rings is 1. The summed E-state index contributed by atoms with van der Waals surface area (Å²) in [6.07, 6.45) is 6.55. The molecule has 2 aromatic rings. The summed E-state index contributed by atoms with van der Waals surface area (Å²) in [5, 5.41) is 3.65. The minimum absolute atomic E-state index is 0.0685. The van der Waals surface area contributed by atoms with Crippen molar-refractivity contribution in [3.63, 3.8) is 0 Å². The van der Waals surface area contributed by atoms with Crippen molar-refractivity contribution in [1.29, 1.82) is 0 Å². The van der Waals surface area contributed by atoms with Crippen LogP contribution in [0.2, 0.25) is 0 Å². The Morgan fingerprint density at radius 2 is 2.00 bits per heavy atom. The summed E-state index contributed by atoms with van der Waals surface area (Å²) < 4.78 is 5.23. The number of carbonyl (C=O) groups is 2. The zero-order valence-electron chi connectivity index (χ0n) is 16.8. The maximum Gasteiger partial charge on any atom is 0.291 e. The second kappa shape index (κ2) is 7.39. The van der Waals surface area contributed by atoms with Crippen LogP contribution in [0.3, 0.4) is 0 Å². The van der Waals surface area contributed by atoms with E-state index in [0.717, 1.165) is 50.8 Å². The Morgan fingerprint density at radius 3 is 2.64 bits per heavy atom. The van der Waals surface area contributed by atoms with Gasteiger partial charge in [0.1, 0.15) is 5.00 Å². The molecular formula is C22H28N2O3S. The van der Waals surface area contributed by atoms with Crippen molar-refractivity contribution in [3.8, 4) is 0 Å². The molecule has 1 saturated heterocycles. The van der Waals surface area contributed by atoms with Gasteiger partial charge < -0.3 is 14.6 Å². The van der Waals surface area contributed by atoms with Crippen LogP contribution in [0.4, 0.5) is 5.00 Å². The van der Waals surface area contributed by atoms with E-state index in [1.165, 1.54) is 11.1 Å². The van der Waals surface area contributed by atoms with Crippen LogP contribution in [0.15, 0.2) is 22.8 Å². The molecule has 3 heterocycles. The van der Waals surface area contributed by atoms with Crippen molar-refractivity contribution in [3.05, 3.63) is 40.2 Å². The molecule has 1 aliphatic carbocycles. The van der Waals surface area contributed by atoms with Gasteiger partial charge in [-0.3, -0.25) is 9.59 Å². The summed E-state index contributed by atoms with van der Waals surface area (Å²) in [7, 11) is 0. The lowest BCUT2D eigenvalue weighted by Crippen LogP contribution is -2.30. The van der Waals surface area contributed by atoms with Crippen LogP contribution in [-0.4, -0.2) is 29.8 Å². The molecule has 5 nitrogen and oxygen atoms in total. The lowest BCUT2D eigenvalue weighted by Gasteiger charge is -2.34. The Bertz CT molecular complexity index is 870. The summed E-state index contributed by atoms with van der Waals surface area (Å²) in [5.41, 5.74) is 2.10. The zero-order chi connectivity index (χ0) is 19.9. The number of rotatable bonds is 3. The van der Waals surface area contributed by atoms with Gasteiger partial charge in [0, 0.05) is 18.0 Å². The summed E-state index contributed by atoms with van der Waals surface area (Å²) in [4.78, 5) is 29.1. The fourth-order valence-electron chi connectivity index (χ4n) is 4.29. The minimum atomic E-state index is -0.300. The van der Waals surface area contributed by atoms with Crippen molar-refractivity contribution >= 4 is 28.2 Å². The Kier molecular flexibility index (Phi) is 5.08. The molecule has 0 saturated carbocycles.